The number of furan rings is 1. The van der Waals surface area contributed by atoms with Gasteiger partial charge in [-0.2, -0.15) is 0 Å². The number of hydrogen-bond acceptors (Lipinski definition) is 2. The first kappa shape index (κ1) is 15.3. The Kier molecular flexibility index (Phi) is 4.44. The normalized spacial score (nSPS) is 10.5. The van der Waals surface area contributed by atoms with Crippen molar-refractivity contribution in [1.29, 1.82) is 0 Å². The average molecular weight is 330 g/mol. The van der Waals surface area contributed by atoms with E-state index in [9.17, 15) is 9.18 Å². The molecule has 0 radical (unpaired) electrons. The minimum absolute atomic E-state index is 0.00831. The molecule has 3 rings (SSSR count). The highest BCUT2D eigenvalue weighted by Crippen LogP contribution is 2.26. The van der Waals surface area contributed by atoms with Crippen LogP contribution in [0.25, 0.3) is 11.3 Å². The van der Waals surface area contributed by atoms with Gasteiger partial charge in [0.2, 0.25) is 0 Å². The molecule has 0 unspecified atom stereocenters. The van der Waals surface area contributed by atoms with E-state index < -0.39 is 5.82 Å². The maximum atomic E-state index is 13.2. The summed E-state index contributed by atoms with van der Waals surface area (Å²) in [6, 6.07) is 17.1. The Morgan fingerprint density at radius 1 is 1.09 bits per heavy atom. The molecule has 1 heterocycles. The topological polar surface area (TPSA) is 42.2 Å². The number of nitrogens with one attached hydrogen (secondary N) is 1. The number of carbonyl (C=O) groups excluding carboxylic acids is 1. The maximum absolute atomic E-state index is 13.2. The summed E-state index contributed by atoms with van der Waals surface area (Å²) in [5, 5.41) is 2.79. The molecule has 0 aliphatic carbocycles. The first-order valence-electron chi connectivity index (χ1n) is 7.01. The van der Waals surface area contributed by atoms with E-state index in [-0.39, 0.29) is 16.7 Å². The molecule has 0 aliphatic rings. The van der Waals surface area contributed by atoms with E-state index in [4.69, 9.17) is 16.0 Å². The summed E-state index contributed by atoms with van der Waals surface area (Å²) in [5.74, 6) is -0.163. The summed E-state index contributed by atoms with van der Waals surface area (Å²) in [4.78, 5) is 12.1. The van der Waals surface area contributed by atoms with Crippen molar-refractivity contribution in [3.8, 4) is 11.3 Å². The molecule has 0 fully saturated rings. The van der Waals surface area contributed by atoms with E-state index >= 15 is 0 Å². The summed E-state index contributed by atoms with van der Waals surface area (Å²) in [7, 11) is 0. The minimum atomic E-state index is -0.497. The molecule has 2 aromatic carbocycles. The molecule has 3 aromatic rings. The van der Waals surface area contributed by atoms with Crippen molar-refractivity contribution >= 4 is 17.5 Å². The lowest BCUT2D eigenvalue weighted by Crippen LogP contribution is -2.22. The Labute approximate surface area is 137 Å². The third-order valence-corrected chi connectivity index (χ3v) is 3.62. The highest BCUT2D eigenvalue weighted by Gasteiger charge is 2.13. The van der Waals surface area contributed by atoms with E-state index in [2.05, 4.69) is 5.32 Å². The summed E-state index contributed by atoms with van der Waals surface area (Å²) in [6.45, 7) is 0.415. The zero-order valence-corrected chi connectivity index (χ0v) is 12.8. The monoisotopic (exact) mass is 329 g/mol. The predicted molar refractivity (Wildman–Crippen MR) is 86.7 cm³/mol. The molecular formula is C18H13ClFNO2. The van der Waals surface area contributed by atoms with Crippen molar-refractivity contribution in [2.75, 3.05) is 0 Å². The highest BCUT2D eigenvalue weighted by atomic mass is 35.5. The molecule has 3 nitrogen and oxygen atoms in total. The molecule has 0 spiro atoms. The predicted octanol–water partition coefficient (Wildman–Crippen LogP) is 4.67. The summed E-state index contributed by atoms with van der Waals surface area (Å²) < 4.78 is 18.7. The zero-order valence-electron chi connectivity index (χ0n) is 12.1. The van der Waals surface area contributed by atoms with Crippen LogP contribution < -0.4 is 5.32 Å². The second-order valence-electron chi connectivity index (χ2n) is 4.96. The van der Waals surface area contributed by atoms with Crippen LogP contribution in [0.15, 0.2) is 65.1 Å². The molecule has 0 aliphatic heterocycles. The Morgan fingerprint density at radius 3 is 2.61 bits per heavy atom. The molecule has 1 amide bonds. The van der Waals surface area contributed by atoms with Crippen molar-refractivity contribution in [2.45, 2.75) is 6.54 Å². The van der Waals surface area contributed by atoms with Crippen LogP contribution in [0.1, 0.15) is 16.1 Å². The van der Waals surface area contributed by atoms with Crippen LogP contribution in [0.3, 0.4) is 0 Å². The molecule has 0 atom stereocenters. The average Bonchev–Trinajstić information content (AvgIpc) is 3.06. The second kappa shape index (κ2) is 6.67. The van der Waals surface area contributed by atoms with E-state index in [0.717, 1.165) is 5.56 Å². The van der Waals surface area contributed by atoms with Crippen LogP contribution in [0, 0.1) is 5.82 Å². The Balaban J connectivity index is 1.71. The lowest BCUT2D eigenvalue weighted by Gasteiger charge is -2.03. The summed E-state index contributed by atoms with van der Waals surface area (Å²) in [5.41, 5.74) is 1.61. The van der Waals surface area contributed by atoms with Crippen LogP contribution in [0.2, 0.25) is 5.02 Å². The molecule has 0 saturated heterocycles. The van der Waals surface area contributed by atoms with Crippen LogP contribution in [0.4, 0.5) is 4.39 Å². The van der Waals surface area contributed by atoms with Gasteiger partial charge in [0.15, 0.2) is 5.76 Å². The first-order valence-corrected chi connectivity index (χ1v) is 7.38. The number of hydrogen-bond donors (Lipinski definition) is 1. The number of amides is 1. The SMILES string of the molecule is O=C(NCc1ccccc1)c1ccc(-c2ccc(F)c(Cl)c2)o1. The molecule has 0 saturated carbocycles. The number of benzene rings is 2. The molecule has 116 valence electrons. The lowest BCUT2D eigenvalue weighted by molar-refractivity contribution is 0.0924. The quantitative estimate of drug-likeness (QED) is 0.755. The van der Waals surface area contributed by atoms with Gasteiger partial charge < -0.3 is 9.73 Å². The third-order valence-electron chi connectivity index (χ3n) is 3.33. The molecular weight excluding hydrogens is 317 g/mol. The standard InChI is InChI=1S/C18H13ClFNO2/c19-14-10-13(6-7-15(14)20)16-8-9-17(23-16)18(22)21-11-12-4-2-1-3-5-12/h1-10H,11H2,(H,21,22). The largest absolute Gasteiger partial charge is 0.451 e. The van der Waals surface area contributed by atoms with Crippen LogP contribution >= 0.6 is 11.6 Å². The van der Waals surface area contributed by atoms with E-state index in [0.29, 0.717) is 17.9 Å². The fourth-order valence-corrected chi connectivity index (χ4v) is 2.31. The highest BCUT2D eigenvalue weighted by molar-refractivity contribution is 6.31. The van der Waals surface area contributed by atoms with Crippen molar-refractivity contribution < 1.29 is 13.6 Å². The summed E-state index contributed by atoms with van der Waals surface area (Å²) in [6.07, 6.45) is 0. The second-order valence-corrected chi connectivity index (χ2v) is 5.37. The van der Waals surface area contributed by atoms with Gasteiger partial charge in [-0.15, -0.1) is 0 Å². The Bertz CT molecular complexity index is 830. The van der Waals surface area contributed by atoms with E-state index in [1.807, 2.05) is 30.3 Å². The van der Waals surface area contributed by atoms with Crippen molar-refractivity contribution in [3.63, 3.8) is 0 Å². The van der Waals surface area contributed by atoms with Gasteiger partial charge in [-0.3, -0.25) is 4.79 Å². The van der Waals surface area contributed by atoms with Crippen molar-refractivity contribution in [3.05, 3.63) is 82.8 Å². The summed E-state index contributed by atoms with van der Waals surface area (Å²) >= 11 is 5.75. The maximum Gasteiger partial charge on any atom is 0.287 e. The third kappa shape index (κ3) is 3.60. The molecule has 1 aromatic heterocycles. The van der Waals surface area contributed by atoms with Gasteiger partial charge in [0.25, 0.3) is 5.91 Å². The van der Waals surface area contributed by atoms with Gasteiger partial charge in [0.1, 0.15) is 11.6 Å². The van der Waals surface area contributed by atoms with Gasteiger partial charge >= 0.3 is 0 Å². The number of halogens is 2. The molecule has 0 bridgehead atoms. The Hall–Kier alpha value is -2.59. The molecule has 23 heavy (non-hydrogen) atoms. The lowest BCUT2D eigenvalue weighted by atomic mass is 10.2. The van der Waals surface area contributed by atoms with Crippen molar-refractivity contribution in [2.24, 2.45) is 0 Å². The minimum Gasteiger partial charge on any atom is -0.451 e. The van der Waals surface area contributed by atoms with Crippen LogP contribution in [0.5, 0.6) is 0 Å². The van der Waals surface area contributed by atoms with Gasteiger partial charge in [-0.05, 0) is 35.9 Å². The number of rotatable bonds is 4. The number of carbonyl (C=O) groups is 1. The zero-order chi connectivity index (χ0) is 16.2. The molecule has 1 N–H and O–H groups in total. The molecule has 5 heteroatoms. The van der Waals surface area contributed by atoms with Gasteiger partial charge in [0.05, 0.1) is 5.02 Å². The van der Waals surface area contributed by atoms with Crippen LogP contribution in [-0.2, 0) is 6.54 Å². The van der Waals surface area contributed by atoms with Crippen molar-refractivity contribution in [1.82, 2.24) is 5.32 Å². The Morgan fingerprint density at radius 2 is 1.87 bits per heavy atom. The van der Waals surface area contributed by atoms with E-state index in [1.165, 1.54) is 12.1 Å². The fraction of sp³-hybridized carbons (Fsp3) is 0.0556. The first-order chi connectivity index (χ1) is 11.1. The smallest absolute Gasteiger partial charge is 0.287 e. The van der Waals surface area contributed by atoms with Crippen LogP contribution in [-0.4, -0.2) is 5.91 Å². The van der Waals surface area contributed by atoms with Gasteiger partial charge in [-0.25, -0.2) is 4.39 Å². The van der Waals surface area contributed by atoms with E-state index in [1.54, 1.807) is 18.2 Å². The fourth-order valence-electron chi connectivity index (χ4n) is 2.13. The van der Waals surface area contributed by atoms with Gasteiger partial charge in [-0.1, -0.05) is 41.9 Å². The van der Waals surface area contributed by atoms with Gasteiger partial charge in [0, 0.05) is 12.1 Å².